The van der Waals surface area contributed by atoms with E-state index in [1.165, 1.54) is 0 Å². The molecular formula is C15H13ClO4. The van der Waals surface area contributed by atoms with Crippen molar-refractivity contribution in [2.45, 2.75) is 6.10 Å². The van der Waals surface area contributed by atoms with Gasteiger partial charge in [-0.25, -0.2) is 0 Å². The van der Waals surface area contributed by atoms with E-state index in [2.05, 4.69) is 0 Å². The van der Waals surface area contributed by atoms with Gasteiger partial charge in [0.1, 0.15) is 11.9 Å². The third-order valence-electron chi connectivity index (χ3n) is 3.20. The van der Waals surface area contributed by atoms with Gasteiger partial charge in [-0.2, -0.15) is 0 Å². The minimum Gasteiger partial charge on any atom is -0.496 e. The first-order valence-corrected chi connectivity index (χ1v) is 6.48. The first kappa shape index (κ1) is 13.1. The summed E-state index contributed by atoms with van der Waals surface area (Å²) in [5, 5.41) is 11.1. The van der Waals surface area contributed by atoms with Crippen LogP contribution in [-0.2, 0) is 0 Å². The molecule has 0 aliphatic carbocycles. The van der Waals surface area contributed by atoms with Crippen LogP contribution < -0.4 is 14.2 Å². The van der Waals surface area contributed by atoms with Crippen LogP contribution in [-0.4, -0.2) is 19.0 Å². The number of methoxy groups -OCH3 is 1. The Kier molecular flexibility index (Phi) is 3.42. The van der Waals surface area contributed by atoms with Gasteiger partial charge in [0.05, 0.1) is 7.11 Å². The maximum absolute atomic E-state index is 10.5. The fourth-order valence-electron chi connectivity index (χ4n) is 2.18. The van der Waals surface area contributed by atoms with Gasteiger partial charge in [-0.15, -0.1) is 0 Å². The number of aliphatic hydroxyl groups is 1. The van der Waals surface area contributed by atoms with E-state index in [1.54, 1.807) is 43.5 Å². The zero-order valence-electron chi connectivity index (χ0n) is 10.8. The molecule has 0 radical (unpaired) electrons. The van der Waals surface area contributed by atoms with Gasteiger partial charge in [-0.1, -0.05) is 17.7 Å². The van der Waals surface area contributed by atoms with Gasteiger partial charge >= 0.3 is 0 Å². The second kappa shape index (κ2) is 5.23. The average molecular weight is 293 g/mol. The number of ether oxygens (including phenoxy) is 3. The molecule has 1 heterocycles. The second-order valence-electron chi connectivity index (χ2n) is 4.40. The molecule has 1 aliphatic heterocycles. The predicted octanol–water partition coefficient (Wildman–Crippen LogP) is 3.16. The molecule has 1 unspecified atom stereocenters. The van der Waals surface area contributed by atoms with Crippen LogP contribution in [0.25, 0.3) is 0 Å². The van der Waals surface area contributed by atoms with Crippen LogP contribution in [0.15, 0.2) is 36.4 Å². The van der Waals surface area contributed by atoms with Crippen molar-refractivity contribution in [3.05, 3.63) is 52.5 Å². The summed E-state index contributed by atoms with van der Waals surface area (Å²) >= 11 is 5.99. The highest BCUT2D eigenvalue weighted by atomic mass is 35.5. The molecule has 0 fully saturated rings. The van der Waals surface area contributed by atoms with E-state index in [0.29, 0.717) is 33.4 Å². The van der Waals surface area contributed by atoms with Gasteiger partial charge in [-0.3, -0.25) is 0 Å². The Bertz CT molecular complexity index is 642. The molecule has 1 N–H and O–H groups in total. The van der Waals surface area contributed by atoms with Gasteiger partial charge in [0, 0.05) is 10.6 Å². The van der Waals surface area contributed by atoms with Crippen LogP contribution in [0.3, 0.4) is 0 Å². The van der Waals surface area contributed by atoms with E-state index in [4.69, 9.17) is 25.8 Å². The standard InChI is InChI=1S/C15H13ClO4/c1-18-12-5-3-10(16)7-11(12)15(17)9-2-4-13-14(6-9)20-8-19-13/h2-7,15,17H,8H2,1H3. The minimum atomic E-state index is -0.849. The largest absolute Gasteiger partial charge is 0.496 e. The van der Waals surface area contributed by atoms with E-state index >= 15 is 0 Å². The summed E-state index contributed by atoms with van der Waals surface area (Å²) in [6, 6.07) is 10.5. The Labute approximate surface area is 121 Å². The van der Waals surface area contributed by atoms with Gasteiger partial charge in [0.15, 0.2) is 11.5 Å². The zero-order valence-corrected chi connectivity index (χ0v) is 11.6. The number of aliphatic hydroxyl groups excluding tert-OH is 1. The molecule has 5 heteroatoms. The second-order valence-corrected chi connectivity index (χ2v) is 4.84. The van der Waals surface area contributed by atoms with E-state index in [9.17, 15) is 5.11 Å². The number of fused-ring (bicyclic) bond motifs is 1. The van der Waals surface area contributed by atoms with Gasteiger partial charge < -0.3 is 19.3 Å². The lowest BCUT2D eigenvalue weighted by atomic mass is 10.0. The van der Waals surface area contributed by atoms with Crippen molar-refractivity contribution < 1.29 is 19.3 Å². The number of hydrogen-bond acceptors (Lipinski definition) is 4. The Morgan fingerprint density at radius 3 is 2.75 bits per heavy atom. The highest BCUT2D eigenvalue weighted by Gasteiger charge is 2.20. The van der Waals surface area contributed by atoms with Crippen LogP contribution in [0, 0.1) is 0 Å². The molecule has 104 valence electrons. The van der Waals surface area contributed by atoms with Gasteiger partial charge in [0.25, 0.3) is 0 Å². The SMILES string of the molecule is COc1ccc(Cl)cc1C(O)c1ccc2c(c1)OCO2. The summed E-state index contributed by atoms with van der Waals surface area (Å²) in [5.74, 6) is 1.89. The first-order valence-electron chi connectivity index (χ1n) is 6.10. The lowest BCUT2D eigenvalue weighted by Gasteiger charge is -2.16. The van der Waals surface area contributed by atoms with Crippen LogP contribution in [0.5, 0.6) is 17.2 Å². The Hall–Kier alpha value is -1.91. The topological polar surface area (TPSA) is 47.9 Å². The molecule has 0 spiro atoms. The normalized spacial score (nSPS) is 14.2. The van der Waals surface area contributed by atoms with Crippen LogP contribution in [0.1, 0.15) is 17.2 Å². The lowest BCUT2D eigenvalue weighted by molar-refractivity contribution is 0.173. The van der Waals surface area contributed by atoms with Crippen molar-refractivity contribution in [3.8, 4) is 17.2 Å². The van der Waals surface area contributed by atoms with Crippen molar-refractivity contribution >= 4 is 11.6 Å². The third-order valence-corrected chi connectivity index (χ3v) is 3.43. The molecule has 0 saturated heterocycles. The molecular weight excluding hydrogens is 280 g/mol. The average Bonchev–Trinajstić information content (AvgIpc) is 2.93. The maximum Gasteiger partial charge on any atom is 0.231 e. The van der Waals surface area contributed by atoms with Gasteiger partial charge in [0.2, 0.25) is 6.79 Å². The number of hydrogen-bond donors (Lipinski definition) is 1. The van der Waals surface area contributed by atoms with Gasteiger partial charge in [-0.05, 0) is 35.9 Å². The van der Waals surface area contributed by atoms with E-state index in [1.807, 2.05) is 0 Å². The third kappa shape index (κ3) is 2.28. The van der Waals surface area contributed by atoms with Crippen LogP contribution >= 0.6 is 11.6 Å². The summed E-state index contributed by atoms with van der Waals surface area (Å²) in [4.78, 5) is 0. The van der Waals surface area contributed by atoms with E-state index < -0.39 is 6.10 Å². The fourth-order valence-corrected chi connectivity index (χ4v) is 2.36. The Morgan fingerprint density at radius 1 is 1.15 bits per heavy atom. The summed E-state index contributed by atoms with van der Waals surface area (Å²) in [5.41, 5.74) is 1.30. The highest BCUT2D eigenvalue weighted by molar-refractivity contribution is 6.30. The maximum atomic E-state index is 10.5. The van der Waals surface area contributed by atoms with Crippen molar-refractivity contribution in [1.29, 1.82) is 0 Å². The van der Waals surface area contributed by atoms with Crippen LogP contribution in [0.2, 0.25) is 5.02 Å². The fraction of sp³-hybridized carbons (Fsp3) is 0.200. The quantitative estimate of drug-likeness (QED) is 0.944. The Balaban J connectivity index is 2.00. The van der Waals surface area contributed by atoms with E-state index in [-0.39, 0.29) is 6.79 Å². The molecule has 0 aromatic heterocycles. The molecule has 1 aliphatic rings. The summed E-state index contributed by atoms with van der Waals surface area (Å²) in [7, 11) is 1.55. The molecule has 2 aromatic carbocycles. The molecule has 0 saturated carbocycles. The minimum absolute atomic E-state index is 0.204. The lowest BCUT2D eigenvalue weighted by Crippen LogP contribution is -2.02. The highest BCUT2D eigenvalue weighted by Crippen LogP contribution is 2.38. The molecule has 0 bridgehead atoms. The summed E-state index contributed by atoms with van der Waals surface area (Å²) in [6.45, 7) is 0.204. The predicted molar refractivity (Wildman–Crippen MR) is 74.6 cm³/mol. The molecule has 4 nitrogen and oxygen atoms in total. The van der Waals surface area contributed by atoms with E-state index in [0.717, 1.165) is 0 Å². The van der Waals surface area contributed by atoms with Crippen molar-refractivity contribution in [2.75, 3.05) is 13.9 Å². The van der Waals surface area contributed by atoms with Crippen molar-refractivity contribution in [2.24, 2.45) is 0 Å². The molecule has 0 amide bonds. The summed E-state index contributed by atoms with van der Waals surface area (Å²) in [6.07, 6.45) is -0.849. The zero-order chi connectivity index (χ0) is 14.1. The molecule has 3 rings (SSSR count). The number of rotatable bonds is 3. The molecule has 1 atom stereocenters. The van der Waals surface area contributed by atoms with Crippen molar-refractivity contribution in [3.63, 3.8) is 0 Å². The molecule has 20 heavy (non-hydrogen) atoms. The number of benzene rings is 2. The number of halogens is 1. The first-order chi connectivity index (χ1) is 9.69. The van der Waals surface area contributed by atoms with Crippen molar-refractivity contribution in [1.82, 2.24) is 0 Å². The Morgan fingerprint density at radius 2 is 1.95 bits per heavy atom. The van der Waals surface area contributed by atoms with Crippen LogP contribution in [0.4, 0.5) is 0 Å². The summed E-state index contributed by atoms with van der Waals surface area (Å²) < 4.78 is 15.8. The molecule has 2 aromatic rings. The smallest absolute Gasteiger partial charge is 0.231 e. The monoisotopic (exact) mass is 292 g/mol.